The highest BCUT2D eigenvalue weighted by molar-refractivity contribution is 6.07. The second-order valence-corrected chi connectivity index (χ2v) is 7.35. The number of amides is 1. The first-order valence-corrected chi connectivity index (χ1v) is 8.73. The van der Waals surface area contributed by atoms with Gasteiger partial charge >= 0.3 is 0 Å². The average molecular weight is 323 g/mol. The van der Waals surface area contributed by atoms with Crippen molar-refractivity contribution in [3.8, 4) is 0 Å². The average Bonchev–Trinajstić information content (AvgIpc) is 3.07. The number of rotatable bonds is 3. The quantitative estimate of drug-likeness (QED) is 0.939. The molecule has 3 aliphatic rings. The summed E-state index contributed by atoms with van der Waals surface area (Å²) in [5.41, 5.74) is 1.64. The van der Waals surface area contributed by atoms with Crippen LogP contribution < -0.4 is 10.2 Å². The van der Waals surface area contributed by atoms with Gasteiger partial charge in [-0.05, 0) is 43.7 Å². The summed E-state index contributed by atoms with van der Waals surface area (Å²) >= 11 is 0. The topological polar surface area (TPSA) is 63.1 Å². The number of para-hydroxylation sites is 1. The van der Waals surface area contributed by atoms with Crippen LogP contribution in [-0.2, 0) is 16.8 Å². The molecule has 1 saturated carbocycles. The molecular weight excluding hydrogens is 302 g/mol. The lowest BCUT2D eigenvalue weighted by molar-refractivity contribution is -0.120. The van der Waals surface area contributed by atoms with Gasteiger partial charge in [0.15, 0.2) is 0 Å². The van der Waals surface area contributed by atoms with Crippen LogP contribution in [0.5, 0.6) is 0 Å². The van der Waals surface area contributed by atoms with Crippen LogP contribution in [0.3, 0.4) is 0 Å². The third kappa shape index (κ3) is 1.92. The molecule has 1 amide bonds. The van der Waals surface area contributed by atoms with Crippen LogP contribution in [-0.4, -0.2) is 33.8 Å². The Labute approximate surface area is 140 Å². The standard InChI is InChI=1S/C18H21N5O/c1-12-20-21-17(23(12)10-13-6-7-13)22-9-8-18(11-22)14-4-2-3-5-15(14)19-16(18)24/h2-5,13H,6-11H2,1H3,(H,19,24). The molecule has 3 heterocycles. The summed E-state index contributed by atoms with van der Waals surface area (Å²) in [4.78, 5) is 15.0. The first-order valence-electron chi connectivity index (χ1n) is 8.73. The van der Waals surface area contributed by atoms with Gasteiger partial charge in [-0.25, -0.2) is 0 Å². The second-order valence-electron chi connectivity index (χ2n) is 7.35. The summed E-state index contributed by atoms with van der Waals surface area (Å²) in [5.74, 6) is 2.78. The van der Waals surface area contributed by atoms with Gasteiger partial charge in [0.05, 0.1) is 5.41 Å². The molecule has 6 nitrogen and oxygen atoms in total. The maximum Gasteiger partial charge on any atom is 0.236 e. The molecule has 2 aliphatic heterocycles. The molecule has 1 N–H and O–H groups in total. The third-order valence-corrected chi connectivity index (χ3v) is 5.73. The number of nitrogens with one attached hydrogen (secondary N) is 1. The van der Waals surface area contributed by atoms with Crippen molar-refractivity contribution in [1.82, 2.24) is 14.8 Å². The van der Waals surface area contributed by atoms with E-state index < -0.39 is 5.41 Å². The summed E-state index contributed by atoms with van der Waals surface area (Å²) in [6.45, 7) is 4.53. The van der Waals surface area contributed by atoms with Crippen LogP contribution in [0.2, 0.25) is 0 Å². The van der Waals surface area contributed by atoms with Crippen LogP contribution in [0.15, 0.2) is 24.3 Å². The van der Waals surface area contributed by atoms with Gasteiger partial charge in [0.25, 0.3) is 0 Å². The molecular formula is C18H21N5O. The smallest absolute Gasteiger partial charge is 0.236 e. The molecule has 1 saturated heterocycles. The van der Waals surface area contributed by atoms with Crippen molar-refractivity contribution in [1.29, 1.82) is 0 Å². The van der Waals surface area contributed by atoms with E-state index in [1.165, 1.54) is 12.8 Å². The van der Waals surface area contributed by atoms with E-state index in [0.29, 0.717) is 6.54 Å². The van der Waals surface area contributed by atoms with Gasteiger partial charge in [0, 0.05) is 25.3 Å². The lowest BCUT2D eigenvalue weighted by Crippen LogP contribution is -2.38. The maximum atomic E-state index is 12.7. The lowest BCUT2D eigenvalue weighted by Gasteiger charge is -2.23. The highest BCUT2D eigenvalue weighted by atomic mass is 16.2. The molecule has 1 aromatic heterocycles. The molecule has 1 unspecified atom stereocenters. The Bertz CT molecular complexity index is 825. The SMILES string of the molecule is Cc1nnc(N2CCC3(C2)C(=O)Nc2ccccc23)n1CC1CC1. The Morgan fingerprint density at radius 3 is 2.96 bits per heavy atom. The van der Waals surface area contributed by atoms with Crippen molar-refractivity contribution >= 4 is 17.5 Å². The molecule has 24 heavy (non-hydrogen) atoms. The molecule has 2 aromatic rings. The fraction of sp³-hybridized carbons (Fsp3) is 0.500. The highest BCUT2D eigenvalue weighted by Gasteiger charge is 2.51. The zero-order valence-corrected chi connectivity index (χ0v) is 13.8. The fourth-order valence-electron chi connectivity index (χ4n) is 4.14. The van der Waals surface area contributed by atoms with E-state index in [1.54, 1.807) is 0 Å². The Hall–Kier alpha value is -2.37. The molecule has 6 heteroatoms. The van der Waals surface area contributed by atoms with E-state index in [-0.39, 0.29) is 5.91 Å². The number of carbonyl (C=O) groups excluding carboxylic acids is 1. The summed E-state index contributed by atoms with van der Waals surface area (Å²) < 4.78 is 2.23. The number of aryl methyl sites for hydroxylation is 1. The molecule has 1 aliphatic carbocycles. The molecule has 124 valence electrons. The Morgan fingerprint density at radius 2 is 2.12 bits per heavy atom. The maximum absolute atomic E-state index is 12.7. The number of aromatic nitrogens is 3. The van der Waals surface area contributed by atoms with Gasteiger partial charge in [-0.3, -0.25) is 9.36 Å². The molecule has 1 atom stereocenters. The van der Waals surface area contributed by atoms with Gasteiger partial charge in [0.2, 0.25) is 11.9 Å². The van der Waals surface area contributed by atoms with Gasteiger partial charge in [-0.15, -0.1) is 10.2 Å². The van der Waals surface area contributed by atoms with Crippen molar-refractivity contribution in [2.75, 3.05) is 23.3 Å². The Morgan fingerprint density at radius 1 is 1.29 bits per heavy atom. The van der Waals surface area contributed by atoms with Crippen molar-refractivity contribution in [2.24, 2.45) is 5.92 Å². The van der Waals surface area contributed by atoms with Crippen molar-refractivity contribution < 1.29 is 4.79 Å². The number of fused-ring (bicyclic) bond motifs is 2. The van der Waals surface area contributed by atoms with E-state index in [1.807, 2.05) is 25.1 Å². The van der Waals surface area contributed by atoms with Crippen LogP contribution in [0.4, 0.5) is 11.6 Å². The van der Waals surface area contributed by atoms with Crippen LogP contribution in [0, 0.1) is 12.8 Å². The second kappa shape index (κ2) is 4.82. The van der Waals surface area contributed by atoms with Gasteiger partial charge < -0.3 is 10.2 Å². The van der Waals surface area contributed by atoms with Crippen LogP contribution >= 0.6 is 0 Å². The zero-order chi connectivity index (χ0) is 16.3. The number of carbonyl (C=O) groups is 1. The summed E-state index contributed by atoms with van der Waals surface area (Å²) in [5, 5.41) is 11.8. The molecule has 0 radical (unpaired) electrons. The summed E-state index contributed by atoms with van der Waals surface area (Å²) in [7, 11) is 0. The van der Waals surface area contributed by atoms with Crippen LogP contribution in [0.1, 0.15) is 30.7 Å². The van der Waals surface area contributed by atoms with Gasteiger partial charge in [0.1, 0.15) is 5.82 Å². The van der Waals surface area contributed by atoms with Gasteiger partial charge in [-0.1, -0.05) is 18.2 Å². The molecule has 5 rings (SSSR count). The highest BCUT2D eigenvalue weighted by Crippen LogP contribution is 2.45. The molecule has 1 spiro atoms. The number of nitrogens with zero attached hydrogens (tertiary/aromatic N) is 4. The van der Waals surface area contributed by atoms with E-state index in [2.05, 4.69) is 31.0 Å². The van der Waals surface area contributed by atoms with Crippen molar-refractivity contribution in [2.45, 2.75) is 38.1 Å². The Balaban J connectivity index is 1.48. The number of hydrogen-bond donors (Lipinski definition) is 1. The fourth-order valence-corrected chi connectivity index (χ4v) is 4.14. The lowest BCUT2D eigenvalue weighted by atomic mass is 9.81. The van der Waals surface area contributed by atoms with E-state index in [0.717, 1.165) is 48.5 Å². The monoisotopic (exact) mass is 323 g/mol. The first-order chi connectivity index (χ1) is 11.7. The number of hydrogen-bond acceptors (Lipinski definition) is 4. The Kier molecular flexibility index (Phi) is 2.81. The minimum atomic E-state index is -0.444. The zero-order valence-electron chi connectivity index (χ0n) is 13.8. The van der Waals surface area contributed by atoms with Gasteiger partial charge in [-0.2, -0.15) is 0 Å². The predicted molar refractivity (Wildman–Crippen MR) is 91.1 cm³/mol. The summed E-state index contributed by atoms with van der Waals surface area (Å²) in [6, 6.07) is 8.06. The van der Waals surface area contributed by atoms with E-state index in [4.69, 9.17) is 0 Å². The number of anilines is 2. The first kappa shape index (κ1) is 14.0. The predicted octanol–water partition coefficient (Wildman–Crippen LogP) is 2.10. The van der Waals surface area contributed by atoms with E-state index in [9.17, 15) is 4.79 Å². The van der Waals surface area contributed by atoms with E-state index >= 15 is 0 Å². The largest absolute Gasteiger partial charge is 0.339 e. The molecule has 2 fully saturated rings. The van der Waals surface area contributed by atoms with Crippen molar-refractivity contribution in [3.05, 3.63) is 35.7 Å². The van der Waals surface area contributed by atoms with Crippen molar-refractivity contribution in [3.63, 3.8) is 0 Å². The number of benzene rings is 1. The summed E-state index contributed by atoms with van der Waals surface area (Å²) in [6.07, 6.45) is 3.43. The third-order valence-electron chi connectivity index (χ3n) is 5.73. The normalized spacial score (nSPS) is 25.4. The molecule has 1 aromatic carbocycles. The minimum Gasteiger partial charge on any atom is -0.339 e. The molecule has 0 bridgehead atoms. The minimum absolute atomic E-state index is 0.121. The van der Waals surface area contributed by atoms with Crippen LogP contribution in [0.25, 0.3) is 0 Å².